The predicted octanol–water partition coefficient (Wildman–Crippen LogP) is 3.28. The number of nitrogens with zero attached hydrogens (tertiary/aromatic N) is 2. The molecular formula is C16H19N5O. The summed E-state index contributed by atoms with van der Waals surface area (Å²) >= 11 is 0. The number of hydrogen-bond acceptors (Lipinski definition) is 3. The van der Waals surface area contributed by atoms with Gasteiger partial charge in [0, 0.05) is 28.1 Å². The average molecular weight is 297 g/mol. The van der Waals surface area contributed by atoms with Gasteiger partial charge < -0.3 is 4.98 Å². The molecule has 0 bridgehead atoms. The van der Waals surface area contributed by atoms with Gasteiger partial charge in [-0.05, 0) is 37.6 Å². The summed E-state index contributed by atoms with van der Waals surface area (Å²) < 4.78 is 0. The second kappa shape index (κ2) is 5.29. The van der Waals surface area contributed by atoms with Gasteiger partial charge in [0.15, 0.2) is 0 Å². The van der Waals surface area contributed by atoms with Crippen LogP contribution < -0.4 is 5.32 Å². The quantitative estimate of drug-likeness (QED) is 0.693. The Balaban J connectivity index is 1.86. The number of carbonyl (C=O) groups is 1. The maximum Gasteiger partial charge on any atom is 0.258 e. The van der Waals surface area contributed by atoms with E-state index in [1.54, 1.807) is 6.07 Å². The van der Waals surface area contributed by atoms with Crippen molar-refractivity contribution in [3.05, 3.63) is 40.8 Å². The van der Waals surface area contributed by atoms with Gasteiger partial charge in [-0.2, -0.15) is 4.98 Å². The second-order valence-corrected chi connectivity index (χ2v) is 5.79. The molecule has 3 rings (SSSR count). The molecule has 22 heavy (non-hydrogen) atoms. The van der Waals surface area contributed by atoms with Crippen molar-refractivity contribution < 1.29 is 4.79 Å². The molecule has 6 heteroatoms. The van der Waals surface area contributed by atoms with Gasteiger partial charge in [0.25, 0.3) is 5.91 Å². The lowest BCUT2D eigenvalue weighted by molar-refractivity contribution is 0.102. The molecule has 2 aromatic heterocycles. The van der Waals surface area contributed by atoms with Gasteiger partial charge >= 0.3 is 0 Å². The molecule has 0 atom stereocenters. The van der Waals surface area contributed by atoms with E-state index in [2.05, 4.69) is 25.5 Å². The first-order valence-corrected chi connectivity index (χ1v) is 7.28. The summed E-state index contributed by atoms with van der Waals surface area (Å²) in [5.41, 5.74) is 3.89. The van der Waals surface area contributed by atoms with Crippen molar-refractivity contribution in [1.82, 2.24) is 20.2 Å². The normalized spacial score (nSPS) is 11.3. The summed E-state index contributed by atoms with van der Waals surface area (Å²) in [5.74, 6) is 1.08. The van der Waals surface area contributed by atoms with Crippen LogP contribution >= 0.6 is 0 Å². The van der Waals surface area contributed by atoms with E-state index < -0.39 is 0 Å². The molecule has 1 amide bonds. The molecule has 0 spiro atoms. The molecule has 0 aliphatic rings. The molecule has 0 radical (unpaired) electrons. The Morgan fingerprint density at radius 3 is 2.73 bits per heavy atom. The lowest BCUT2D eigenvalue weighted by Gasteiger charge is -2.02. The van der Waals surface area contributed by atoms with Crippen LogP contribution in [0.2, 0.25) is 0 Å². The maximum atomic E-state index is 12.3. The van der Waals surface area contributed by atoms with E-state index in [0.29, 0.717) is 11.5 Å². The van der Waals surface area contributed by atoms with E-state index in [1.807, 2.05) is 39.8 Å². The van der Waals surface area contributed by atoms with Crippen molar-refractivity contribution in [3.8, 4) is 0 Å². The van der Waals surface area contributed by atoms with Crippen LogP contribution in [0.5, 0.6) is 0 Å². The third-order valence-electron chi connectivity index (χ3n) is 3.85. The maximum absolute atomic E-state index is 12.3. The van der Waals surface area contributed by atoms with Crippen LogP contribution in [0.1, 0.15) is 47.2 Å². The predicted molar refractivity (Wildman–Crippen MR) is 86.2 cm³/mol. The van der Waals surface area contributed by atoms with Gasteiger partial charge in [-0.3, -0.25) is 15.2 Å². The van der Waals surface area contributed by atoms with E-state index in [4.69, 9.17) is 0 Å². The lowest BCUT2D eigenvalue weighted by Crippen LogP contribution is -2.13. The van der Waals surface area contributed by atoms with E-state index in [-0.39, 0.29) is 11.8 Å². The van der Waals surface area contributed by atoms with Crippen molar-refractivity contribution in [1.29, 1.82) is 0 Å². The molecule has 0 saturated heterocycles. The number of carbonyl (C=O) groups excluding carboxylic acids is 1. The standard InChI is InChI=1S/C16H19N5O/c1-8(2)14-18-16(21-20-14)19-15(22)11-5-6-13-12(7-11)9(3)10(4)17-13/h5-8,17H,1-4H3,(H2,18,19,20,21,22). The molecule has 0 fully saturated rings. The summed E-state index contributed by atoms with van der Waals surface area (Å²) in [6.45, 7) is 8.09. The smallest absolute Gasteiger partial charge is 0.258 e. The highest BCUT2D eigenvalue weighted by atomic mass is 16.1. The molecule has 2 heterocycles. The Morgan fingerprint density at radius 1 is 1.27 bits per heavy atom. The Bertz CT molecular complexity index is 843. The third kappa shape index (κ3) is 2.47. The minimum Gasteiger partial charge on any atom is -0.358 e. The monoisotopic (exact) mass is 297 g/mol. The summed E-state index contributed by atoms with van der Waals surface area (Å²) in [6, 6.07) is 5.60. The Labute approximate surface area is 128 Å². The Hall–Kier alpha value is -2.63. The first-order valence-electron chi connectivity index (χ1n) is 7.28. The molecule has 3 aromatic rings. The number of hydrogen-bond donors (Lipinski definition) is 3. The molecule has 0 saturated carbocycles. The molecule has 3 N–H and O–H groups in total. The first kappa shape index (κ1) is 14.3. The number of fused-ring (bicyclic) bond motifs is 1. The average Bonchev–Trinajstić information content (AvgIpc) is 3.05. The van der Waals surface area contributed by atoms with Gasteiger partial charge in [-0.1, -0.05) is 13.8 Å². The van der Waals surface area contributed by atoms with Crippen molar-refractivity contribution in [2.45, 2.75) is 33.6 Å². The highest BCUT2D eigenvalue weighted by Crippen LogP contribution is 2.22. The Morgan fingerprint density at radius 2 is 2.05 bits per heavy atom. The van der Waals surface area contributed by atoms with Crippen LogP contribution in [0.4, 0.5) is 5.95 Å². The van der Waals surface area contributed by atoms with Crippen LogP contribution in [0, 0.1) is 13.8 Å². The number of rotatable bonds is 3. The highest BCUT2D eigenvalue weighted by molar-refractivity contribution is 6.05. The molecular weight excluding hydrogens is 278 g/mol. The zero-order valence-electron chi connectivity index (χ0n) is 13.1. The zero-order chi connectivity index (χ0) is 15.9. The van der Waals surface area contributed by atoms with Crippen LogP contribution in [0.25, 0.3) is 10.9 Å². The van der Waals surface area contributed by atoms with Crippen LogP contribution in [-0.2, 0) is 0 Å². The SMILES string of the molecule is Cc1[nH]c2ccc(C(=O)Nc3n[nH]c(C(C)C)n3)cc2c1C. The second-order valence-electron chi connectivity index (χ2n) is 5.79. The fourth-order valence-electron chi connectivity index (χ4n) is 2.36. The summed E-state index contributed by atoms with van der Waals surface area (Å²) in [6.07, 6.45) is 0. The zero-order valence-corrected chi connectivity index (χ0v) is 13.1. The molecule has 1 aromatic carbocycles. The number of aromatic amines is 2. The number of aromatic nitrogens is 4. The molecule has 114 valence electrons. The van der Waals surface area contributed by atoms with E-state index in [0.717, 1.165) is 28.0 Å². The van der Waals surface area contributed by atoms with Gasteiger partial charge in [0.05, 0.1) is 0 Å². The first-order chi connectivity index (χ1) is 10.5. The van der Waals surface area contributed by atoms with E-state index in [9.17, 15) is 4.79 Å². The summed E-state index contributed by atoms with van der Waals surface area (Å²) in [4.78, 5) is 19.9. The molecule has 0 aliphatic heterocycles. The molecule has 0 aliphatic carbocycles. The van der Waals surface area contributed by atoms with Gasteiger partial charge in [-0.15, -0.1) is 5.10 Å². The minimum absolute atomic E-state index is 0.213. The Kier molecular flexibility index (Phi) is 3.44. The minimum atomic E-state index is -0.213. The molecule has 0 unspecified atom stereocenters. The largest absolute Gasteiger partial charge is 0.358 e. The van der Waals surface area contributed by atoms with E-state index >= 15 is 0 Å². The number of nitrogens with one attached hydrogen (secondary N) is 3. The summed E-state index contributed by atoms with van der Waals surface area (Å²) in [7, 11) is 0. The fraction of sp³-hybridized carbons (Fsp3) is 0.312. The van der Waals surface area contributed by atoms with Gasteiger partial charge in [0.1, 0.15) is 5.82 Å². The van der Waals surface area contributed by atoms with Crippen molar-refractivity contribution in [3.63, 3.8) is 0 Å². The highest BCUT2D eigenvalue weighted by Gasteiger charge is 2.13. The third-order valence-corrected chi connectivity index (χ3v) is 3.85. The summed E-state index contributed by atoms with van der Waals surface area (Å²) in [5, 5.41) is 10.6. The number of amides is 1. The number of aryl methyl sites for hydroxylation is 2. The van der Waals surface area contributed by atoms with Crippen molar-refractivity contribution in [2.24, 2.45) is 0 Å². The number of anilines is 1. The van der Waals surface area contributed by atoms with Crippen molar-refractivity contribution >= 4 is 22.8 Å². The van der Waals surface area contributed by atoms with Crippen LogP contribution in [-0.4, -0.2) is 26.1 Å². The van der Waals surface area contributed by atoms with Crippen LogP contribution in [0.15, 0.2) is 18.2 Å². The number of benzene rings is 1. The fourth-order valence-corrected chi connectivity index (χ4v) is 2.36. The van der Waals surface area contributed by atoms with Crippen LogP contribution in [0.3, 0.4) is 0 Å². The number of H-pyrrole nitrogens is 2. The molecule has 6 nitrogen and oxygen atoms in total. The van der Waals surface area contributed by atoms with Gasteiger partial charge in [0.2, 0.25) is 5.95 Å². The van der Waals surface area contributed by atoms with Gasteiger partial charge in [-0.25, -0.2) is 0 Å². The van der Waals surface area contributed by atoms with Crippen molar-refractivity contribution in [2.75, 3.05) is 5.32 Å². The van der Waals surface area contributed by atoms with E-state index in [1.165, 1.54) is 0 Å². The lowest BCUT2D eigenvalue weighted by atomic mass is 10.1. The topological polar surface area (TPSA) is 86.5 Å².